The zero-order valence-corrected chi connectivity index (χ0v) is 31.5. The number of carbonyl (C=O) groups is 4. The first-order valence-electron chi connectivity index (χ1n) is 17.2. The smallest absolute Gasteiger partial charge is 0.255 e. The number of benzene rings is 4. The van der Waals surface area contributed by atoms with Crippen molar-refractivity contribution in [3.05, 3.63) is 106 Å². The molecule has 1 aliphatic rings. The first-order chi connectivity index (χ1) is 25.1. The van der Waals surface area contributed by atoms with E-state index in [4.69, 9.17) is 32.7 Å². The van der Waals surface area contributed by atoms with Gasteiger partial charge in [-0.1, -0.05) is 75.6 Å². The Balaban J connectivity index is 0.000000241. The molecule has 10 nitrogen and oxygen atoms in total. The molecule has 4 aromatic rings. The Morgan fingerprint density at radius 3 is 1.13 bits per heavy atom. The molecule has 1 saturated carbocycles. The van der Waals surface area contributed by atoms with Crippen molar-refractivity contribution in [1.29, 1.82) is 0 Å². The SMILES string of the molecule is C1CCCCC1.CCC(=O)Nc1cc(C(=O)Nc2ccc(Cl)cc2)ccc1OC.CCC(=O)Nc1cc(C(=O)Nc2ccc(Cl)cc2)ccc1OC. The minimum Gasteiger partial charge on any atom is -0.495 e. The van der Waals surface area contributed by atoms with Crippen LogP contribution in [0.4, 0.5) is 22.7 Å². The van der Waals surface area contributed by atoms with E-state index in [1.807, 2.05) is 0 Å². The van der Waals surface area contributed by atoms with Crippen LogP contribution in [-0.4, -0.2) is 37.8 Å². The summed E-state index contributed by atoms with van der Waals surface area (Å²) in [6, 6.07) is 23.3. The summed E-state index contributed by atoms with van der Waals surface area (Å²) in [7, 11) is 3.01. The topological polar surface area (TPSA) is 135 Å². The number of anilines is 4. The zero-order chi connectivity index (χ0) is 37.9. The van der Waals surface area contributed by atoms with Crippen LogP contribution in [0, 0.1) is 0 Å². The average Bonchev–Trinajstić information content (AvgIpc) is 3.17. The monoisotopic (exact) mass is 748 g/mol. The van der Waals surface area contributed by atoms with Crippen molar-refractivity contribution in [3.63, 3.8) is 0 Å². The second-order valence-corrected chi connectivity index (χ2v) is 12.5. The van der Waals surface area contributed by atoms with Gasteiger partial charge in [0, 0.05) is 45.4 Å². The maximum Gasteiger partial charge on any atom is 0.255 e. The standard InChI is InChI=1S/2C17H17ClN2O3.C6H12/c2*1-3-16(21)20-14-10-11(4-9-15(14)23-2)17(22)19-13-7-5-12(18)6-8-13;1-2-4-6-5-3-1/h2*4-10H,3H2,1-2H3,(H,19,22)(H,20,21);1-6H2. The highest BCUT2D eigenvalue weighted by Crippen LogP contribution is 2.28. The Hall–Kier alpha value is -5.06. The van der Waals surface area contributed by atoms with E-state index < -0.39 is 0 Å². The fourth-order valence-corrected chi connectivity index (χ4v) is 5.16. The molecule has 0 aliphatic heterocycles. The number of hydrogen-bond acceptors (Lipinski definition) is 6. The first kappa shape index (κ1) is 41.4. The van der Waals surface area contributed by atoms with Crippen molar-refractivity contribution in [3.8, 4) is 11.5 Å². The van der Waals surface area contributed by atoms with Crippen LogP contribution in [0.1, 0.15) is 85.9 Å². The Morgan fingerprint density at radius 2 is 0.846 bits per heavy atom. The molecule has 4 N–H and O–H groups in total. The Morgan fingerprint density at radius 1 is 0.519 bits per heavy atom. The van der Waals surface area contributed by atoms with Gasteiger partial charge in [0.15, 0.2) is 0 Å². The molecule has 0 unspecified atom stereocenters. The molecule has 0 aromatic heterocycles. The second-order valence-electron chi connectivity index (χ2n) is 11.7. The number of amides is 4. The van der Waals surface area contributed by atoms with Crippen molar-refractivity contribution in [1.82, 2.24) is 0 Å². The molecule has 0 atom stereocenters. The van der Waals surface area contributed by atoms with Crippen LogP contribution in [0.5, 0.6) is 11.5 Å². The number of halogens is 2. The van der Waals surface area contributed by atoms with E-state index in [9.17, 15) is 19.2 Å². The van der Waals surface area contributed by atoms with Crippen LogP contribution in [0.3, 0.4) is 0 Å². The van der Waals surface area contributed by atoms with Crippen molar-refractivity contribution >= 4 is 69.6 Å². The van der Waals surface area contributed by atoms with Gasteiger partial charge in [-0.25, -0.2) is 0 Å². The highest BCUT2D eigenvalue weighted by molar-refractivity contribution is 6.31. The lowest BCUT2D eigenvalue weighted by atomic mass is 10.0. The average molecular weight is 750 g/mol. The van der Waals surface area contributed by atoms with Gasteiger partial charge < -0.3 is 30.7 Å². The van der Waals surface area contributed by atoms with Crippen LogP contribution in [-0.2, 0) is 9.59 Å². The van der Waals surface area contributed by atoms with Gasteiger partial charge in [-0.05, 0) is 84.9 Å². The van der Waals surface area contributed by atoms with Crippen LogP contribution in [0.15, 0.2) is 84.9 Å². The lowest BCUT2D eigenvalue weighted by Crippen LogP contribution is -2.14. The molecule has 0 spiro atoms. The molecule has 0 saturated heterocycles. The fourth-order valence-electron chi connectivity index (χ4n) is 4.90. The minimum absolute atomic E-state index is 0.154. The van der Waals surface area contributed by atoms with Crippen LogP contribution in [0.2, 0.25) is 10.0 Å². The predicted octanol–water partition coefficient (Wildman–Crippen LogP) is 10.2. The Kier molecular flexibility index (Phi) is 17.5. The third-order valence-electron chi connectivity index (χ3n) is 7.82. The van der Waals surface area contributed by atoms with Gasteiger partial charge in [0.25, 0.3) is 11.8 Å². The van der Waals surface area contributed by atoms with E-state index in [0.29, 0.717) is 68.3 Å². The summed E-state index contributed by atoms with van der Waals surface area (Å²) in [4.78, 5) is 47.8. The molecule has 0 heterocycles. The summed E-state index contributed by atoms with van der Waals surface area (Å²) in [6.45, 7) is 3.50. The van der Waals surface area contributed by atoms with Gasteiger partial charge in [-0.3, -0.25) is 19.2 Å². The first-order valence-corrected chi connectivity index (χ1v) is 17.9. The fraction of sp³-hybridized carbons (Fsp3) is 0.300. The lowest BCUT2D eigenvalue weighted by Gasteiger charge is -2.12. The van der Waals surface area contributed by atoms with E-state index in [0.717, 1.165) is 0 Å². The molecular weight excluding hydrogens is 703 g/mol. The van der Waals surface area contributed by atoms with E-state index in [1.54, 1.807) is 98.8 Å². The van der Waals surface area contributed by atoms with Crippen molar-refractivity contribution in [2.24, 2.45) is 0 Å². The number of ether oxygens (including phenoxy) is 2. The lowest BCUT2D eigenvalue weighted by molar-refractivity contribution is -0.116. The quantitative estimate of drug-likeness (QED) is 0.128. The Bertz CT molecular complexity index is 1640. The van der Waals surface area contributed by atoms with Gasteiger partial charge in [0.1, 0.15) is 11.5 Å². The molecule has 4 aromatic carbocycles. The van der Waals surface area contributed by atoms with Crippen molar-refractivity contribution in [2.45, 2.75) is 65.2 Å². The van der Waals surface area contributed by atoms with E-state index >= 15 is 0 Å². The minimum atomic E-state index is -0.290. The van der Waals surface area contributed by atoms with E-state index in [-0.39, 0.29) is 23.6 Å². The highest BCUT2D eigenvalue weighted by Gasteiger charge is 2.14. The summed E-state index contributed by atoms with van der Waals surface area (Å²) in [5.74, 6) is 0.103. The second kappa shape index (κ2) is 22.0. The maximum atomic E-state index is 12.3. The number of carbonyl (C=O) groups excluding carboxylic acids is 4. The summed E-state index contributed by atoms with van der Waals surface area (Å²) in [6.07, 6.45) is 9.68. The molecular formula is C40H46Cl2N4O6. The Labute approximate surface area is 315 Å². The normalized spacial score (nSPS) is 11.7. The van der Waals surface area contributed by atoms with Crippen molar-refractivity contribution in [2.75, 3.05) is 35.5 Å². The molecule has 52 heavy (non-hydrogen) atoms. The van der Waals surface area contributed by atoms with E-state index in [1.165, 1.54) is 52.7 Å². The number of methoxy groups -OCH3 is 2. The highest BCUT2D eigenvalue weighted by atomic mass is 35.5. The van der Waals surface area contributed by atoms with Gasteiger partial charge in [0.2, 0.25) is 11.8 Å². The summed E-state index contributed by atoms with van der Waals surface area (Å²) in [5, 5.41) is 12.2. The predicted molar refractivity (Wildman–Crippen MR) is 210 cm³/mol. The molecule has 12 heteroatoms. The third-order valence-corrected chi connectivity index (χ3v) is 8.32. The number of hydrogen-bond donors (Lipinski definition) is 4. The molecule has 1 fully saturated rings. The van der Waals surface area contributed by atoms with Crippen LogP contribution in [0.25, 0.3) is 0 Å². The molecule has 5 rings (SSSR count). The van der Waals surface area contributed by atoms with Gasteiger partial charge in [-0.15, -0.1) is 0 Å². The van der Waals surface area contributed by atoms with Gasteiger partial charge >= 0.3 is 0 Å². The summed E-state index contributed by atoms with van der Waals surface area (Å²) in [5.41, 5.74) is 3.01. The molecule has 0 bridgehead atoms. The maximum absolute atomic E-state index is 12.3. The van der Waals surface area contributed by atoms with Gasteiger partial charge in [-0.2, -0.15) is 0 Å². The molecule has 1 aliphatic carbocycles. The number of rotatable bonds is 10. The molecule has 276 valence electrons. The largest absolute Gasteiger partial charge is 0.495 e. The van der Waals surface area contributed by atoms with Gasteiger partial charge in [0.05, 0.1) is 25.6 Å². The van der Waals surface area contributed by atoms with Crippen LogP contribution >= 0.6 is 23.2 Å². The number of nitrogens with one attached hydrogen (secondary N) is 4. The molecule has 4 amide bonds. The van der Waals surface area contributed by atoms with E-state index in [2.05, 4.69) is 21.3 Å². The zero-order valence-electron chi connectivity index (χ0n) is 29.9. The summed E-state index contributed by atoms with van der Waals surface area (Å²) >= 11 is 11.6. The summed E-state index contributed by atoms with van der Waals surface area (Å²) < 4.78 is 10.4. The van der Waals surface area contributed by atoms with Crippen molar-refractivity contribution < 1.29 is 28.7 Å². The molecule has 0 radical (unpaired) electrons. The third kappa shape index (κ3) is 13.9. The van der Waals surface area contributed by atoms with Crippen LogP contribution < -0.4 is 30.7 Å².